The van der Waals surface area contributed by atoms with E-state index < -0.39 is 5.82 Å². The van der Waals surface area contributed by atoms with Crippen molar-refractivity contribution in [1.29, 1.82) is 5.26 Å². The molecule has 0 spiro atoms. The van der Waals surface area contributed by atoms with Crippen molar-refractivity contribution >= 4 is 5.91 Å². The Labute approximate surface area is 155 Å². The molecule has 0 bridgehead atoms. The van der Waals surface area contributed by atoms with E-state index in [0.29, 0.717) is 34.5 Å². The fraction of sp³-hybridized carbons (Fsp3) is 0.0909. The van der Waals surface area contributed by atoms with E-state index in [1.165, 1.54) is 13.2 Å². The Bertz CT molecular complexity index is 1120. The van der Waals surface area contributed by atoms with Crippen LogP contribution in [0.1, 0.15) is 21.5 Å². The normalized spacial score (nSPS) is 12.3. The molecule has 0 unspecified atom stereocenters. The van der Waals surface area contributed by atoms with Crippen LogP contribution in [0, 0.1) is 17.1 Å². The Morgan fingerprint density at radius 2 is 1.89 bits per heavy atom. The van der Waals surface area contributed by atoms with E-state index >= 15 is 0 Å². The number of benzene rings is 3. The van der Waals surface area contributed by atoms with Crippen LogP contribution in [0.2, 0.25) is 0 Å². The molecular formula is C22H15FN2O2. The summed E-state index contributed by atoms with van der Waals surface area (Å²) < 4.78 is 19.9. The van der Waals surface area contributed by atoms with Crippen LogP contribution < -0.4 is 10.1 Å². The maximum absolute atomic E-state index is 14.8. The maximum Gasteiger partial charge on any atom is 0.251 e. The first-order valence-electron chi connectivity index (χ1n) is 8.40. The molecule has 1 aliphatic heterocycles. The number of hydrogen-bond acceptors (Lipinski definition) is 3. The van der Waals surface area contributed by atoms with Crippen molar-refractivity contribution in [3.05, 3.63) is 77.1 Å². The number of methoxy groups -OCH3 is 1. The molecule has 1 heterocycles. The third-order valence-electron chi connectivity index (χ3n) is 4.70. The molecule has 27 heavy (non-hydrogen) atoms. The van der Waals surface area contributed by atoms with E-state index in [1.807, 2.05) is 12.1 Å². The molecule has 4 nitrogen and oxygen atoms in total. The van der Waals surface area contributed by atoms with Crippen LogP contribution in [-0.4, -0.2) is 13.0 Å². The predicted molar refractivity (Wildman–Crippen MR) is 99.7 cm³/mol. The van der Waals surface area contributed by atoms with E-state index in [4.69, 9.17) is 4.74 Å². The number of amides is 1. The topological polar surface area (TPSA) is 62.1 Å². The number of halogens is 1. The predicted octanol–water partition coefficient (Wildman–Crippen LogP) is 4.28. The van der Waals surface area contributed by atoms with Crippen LogP contribution in [0.5, 0.6) is 5.75 Å². The van der Waals surface area contributed by atoms with Gasteiger partial charge in [-0.25, -0.2) is 4.39 Å². The van der Waals surface area contributed by atoms with Gasteiger partial charge in [-0.05, 0) is 58.7 Å². The number of carbonyl (C=O) groups excluding carboxylic acids is 1. The lowest BCUT2D eigenvalue weighted by molar-refractivity contribution is 0.0966. The van der Waals surface area contributed by atoms with Crippen LogP contribution in [0.4, 0.5) is 4.39 Å². The third kappa shape index (κ3) is 2.91. The molecule has 0 fully saturated rings. The standard InChI is InChI=1S/C22H15FN2O2/c1-27-16-5-6-17(21(23)9-16)20-10-19-15(12-25-22(19)26)8-18(20)14-4-2-3-13(7-14)11-24/h2-10H,12H2,1H3,(H,25,26). The summed E-state index contributed by atoms with van der Waals surface area (Å²) in [6.07, 6.45) is 0. The molecular weight excluding hydrogens is 343 g/mol. The first-order valence-corrected chi connectivity index (χ1v) is 8.40. The van der Waals surface area contributed by atoms with Gasteiger partial charge in [-0.1, -0.05) is 12.1 Å². The quantitative estimate of drug-likeness (QED) is 0.760. The fourth-order valence-electron chi connectivity index (χ4n) is 3.33. The van der Waals surface area contributed by atoms with Crippen molar-refractivity contribution < 1.29 is 13.9 Å². The van der Waals surface area contributed by atoms with Gasteiger partial charge in [0.2, 0.25) is 0 Å². The zero-order valence-corrected chi connectivity index (χ0v) is 14.5. The van der Waals surface area contributed by atoms with Crippen molar-refractivity contribution in [3.63, 3.8) is 0 Å². The Morgan fingerprint density at radius 1 is 1.04 bits per heavy atom. The van der Waals surface area contributed by atoms with Gasteiger partial charge in [0, 0.05) is 23.7 Å². The molecule has 3 aromatic carbocycles. The van der Waals surface area contributed by atoms with Crippen LogP contribution in [0.15, 0.2) is 54.6 Å². The van der Waals surface area contributed by atoms with Crippen molar-refractivity contribution in [2.45, 2.75) is 6.54 Å². The summed E-state index contributed by atoms with van der Waals surface area (Å²) in [6, 6.07) is 17.5. The molecule has 1 aliphatic rings. The molecule has 3 aromatic rings. The first kappa shape index (κ1) is 16.8. The summed E-state index contributed by atoms with van der Waals surface area (Å²) in [5, 5.41) is 12.0. The monoisotopic (exact) mass is 358 g/mol. The van der Waals surface area contributed by atoms with E-state index in [1.54, 1.807) is 36.4 Å². The first-order chi connectivity index (χ1) is 13.1. The number of hydrogen-bond donors (Lipinski definition) is 1. The fourth-order valence-corrected chi connectivity index (χ4v) is 3.33. The molecule has 0 saturated carbocycles. The van der Waals surface area contributed by atoms with Crippen molar-refractivity contribution in [1.82, 2.24) is 5.32 Å². The number of ether oxygens (including phenoxy) is 1. The lowest BCUT2D eigenvalue weighted by atomic mass is 9.90. The van der Waals surface area contributed by atoms with Crippen molar-refractivity contribution in [3.8, 4) is 34.1 Å². The Hall–Kier alpha value is -3.65. The van der Waals surface area contributed by atoms with Gasteiger partial charge in [-0.2, -0.15) is 5.26 Å². The number of rotatable bonds is 3. The summed E-state index contributed by atoms with van der Waals surface area (Å²) >= 11 is 0. The highest BCUT2D eigenvalue weighted by atomic mass is 19.1. The molecule has 0 aromatic heterocycles. The lowest BCUT2D eigenvalue weighted by Gasteiger charge is -2.14. The number of nitriles is 1. The average molecular weight is 358 g/mol. The van der Waals surface area contributed by atoms with Gasteiger partial charge in [0.15, 0.2) is 0 Å². The minimum absolute atomic E-state index is 0.169. The molecule has 5 heteroatoms. The Morgan fingerprint density at radius 3 is 2.63 bits per heavy atom. The smallest absolute Gasteiger partial charge is 0.251 e. The second kappa shape index (κ2) is 6.58. The third-order valence-corrected chi connectivity index (χ3v) is 4.70. The van der Waals surface area contributed by atoms with E-state index in [-0.39, 0.29) is 5.91 Å². The van der Waals surface area contributed by atoms with Gasteiger partial charge in [-0.15, -0.1) is 0 Å². The van der Waals surface area contributed by atoms with Gasteiger partial charge in [-0.3, -0.25) is 4.79 Å². The molecule has 0 radical (unpaired) electrons. The molecule has 1 N–H and O–H groups in total. The average Bonchev–Trinajstić information content (AvgIpc) is 3.07. The number of carbonyl (C=O) groups is 1. The number of nitrogens with zero attached hydrogens (tertiary/aromatic N) is 1. The maximum atomic E-state index is 14.8. The lowest BCUT2D eigenvalue weighted by Crippen LogP contribution is -2.12. The largest absolute Gasteiger partial charge is 0.497 e. The summed E-state index contributed by atoms with van der Waals surface area (Å²) in [6.45, 7) is 0.435. The van der Waals surface area contributed by atoms with Gasteiger partial charge < -0.3 is 10.1 Å². The summed E-state index contributed by atoms with van der Waals surface area (Å²) in [5.41, 5.74) is 4.45. The second-order valence-electron chi connectivity index (χ2n) is 6.28. The molecule has 1 amide bonds. The van der Waals surface area contributed by atoms with Gasteiger partial charge in [0.25, 0.3) is 5.91 Å². The summed E-state index contributed by atoms with van der Waals surface area (Å²) in [4.78, 5) is 12.1. The van der Waals surface area contributed by atoms with Crippen LogP contribution in [0.3, 0.4) is 0 Å². The van der Waals surface area contributed by atoms with Crippen molar-refractivity contribution in [2.75, 3.05) is 7.11 Å². The second-order valence-corrected chi connectivity index (χ2v) is 6.28. The zero-order valence-electron chi connectivity index (χ0n) is 14.5. The zero-order chi connectivity index (χ0) is 19.0. The van der Waals surface area contributed by atoms with Gasteiger partial charge in [0.1, 0.15) is 11.6 Å². The molecule has 132 valence electrons. The minimum atomic E-state index is -0.439. The highest BCUT2D eigenvalue weighted by molar-refractivity contribution is 6.01. The minimum Gasteiger partial charge on any atom is -0.497 e. The van der Waals surface area contributed by atoms with Crippen molar-refractivity contribution in [2.24, 2.45) is 0 Å². The number of fused-ring (bicyclic) bond motifs is 1. The van der Waals surface area contributed by atoms with Crippen LogP contribution in [0.25, 0.3) is 22.3 Å². The Balaban J connectivity index is 1.98. The van der Waals surface area contributed by atoms with Crippen LogP contribution >= 0.6 is 0 Å². The van der Waals surface area contributed by atoms with Crippen LogP contribution in [-0.2, 0) is 6.54 Å². The van der Waals surface area contributed by atoms with E-state index in [0.717, 1.165) is 16.7 Å². The summed E-state index contributed by atoms with van der Waals surface area (Å²) in [7, 11) is 1.48. The van der Waals surface area contributed by atoms with E-state index in [9.17, 15) is 14.4 Å². The highest BCUT2D eigenvalue weighted by Crippen LogP contribution is 2.38. The van der Waals surface area contributed by atoms with E-state index in [2.05, 4.69) is 11.4 Å². The molecule has 0 atom stereocenters. The molecule has 0 aliphatic carbocycles. The van der Waals surface area contributed by atoms with Gasteiger partial charge >= 0.3 is 0 Å². The Kier molecular flexibility index (Phi) is 4.09. The number of nitrogens with one attached hydrogen (secondary N) is 1. The summed E-state index contributed by atoms with van der Waals surface area (Å²) in [5.74, 6) is -0.189. The molecule has 4 rings (SSSR count). The highest BCUT2D eigenvalue weighted by Gasteiger charge is 2.23. The van der Waals surface area contributed by atoms with Gasteiger partial charge in [0.05, 0.1) is 18.7 Å². The molecule has 0 saturated heterocycles. The SMILES string of the molecule is COc1ccc(-c2cc3c(cc2-c2cccc(C#N)c2)CNC3=O)c(F)c1.